The first-order valence-electron chi connectivity index (χ1n) is 6.34. The standard InChI is InChI=1S/C14H14BrN3O3/c1-3-17-8-11(18(20)21)7-13(17)14(19)16-12-5-4-10(15)6-9(12)2/h4-8H,3H2,1-2H3,(H,16,19). The zero-order valence-electron chi connectivity index (χ0n) is 11.6. The average Bonchev–Trinajstić information content (AvgIpc) is 2.86. The second kappa shape index (κ2) is 6.09. The third kappa shape index (κ3) is 3.30. The van der Waals surface area contributed by atoms with Crippen molar-refractivity contribution in [3.05, 3.63) is 56.3 Å². The minimum atomic E-state index is -0.506. The van der Waals surface area contributed by atoms with Crippen LogP contribution in [0, 0.1) is 17.0 Å². The predicted octanol–water partition coefficient (Wildman–Crippen LogP) is 3.74. The Bertz CT molecular complexity index is 709. The summed E-state index contributed by atoms with van der Waals surface area (Å²) in [6.45, 7) is 4.18. The number of halogens is 1. The van der Waals surface area contributed by atoms with Gasteiger partial charge in [-0.25, -0.2) is 0 Å². The largest absolute Gasteiger partial charge is 0.337 e. The number of aromatic nitrogens is 1. The fourth-order valence-electron chi connectivity index (χ4n) is 2.00. The first-order valence-corrected chi connectivity index (χ1v) is 7.13. The van der Waals surface area contributed by atoms with Crippen LogP contribution in [0.5, 0.6) is 0 Å². The number of hydrogen-bond acceptors (Lipinski definition) is 3. The van der Waals surface area contributed by atoms with E-state index in [1.807, 2.05) is 26.0 Å². The van der Waals surface area contributed by atoms with E-state index in [4.69, 9.17) is 0 Å². The smallest absolute Gasteiger partial charge is 0.287 e. The summed E-state index contributed by atoms with van der Waals surface area (Å²) in [4.78, 5) is 22.6. The molecule has 0 radical (unpaired) electrons. The monoisotopic (exact) mass is 351 g/mol. The van der Waals surface area contributed by atoms with Crippen molar-refractivity contribution in [1.29, 1.82) is 0 Å². The molecule has 1 amide bonds. The Hall–Kier alpha value is -2.15. The Labute approximate surface area is 130 Å². The Balaban J connectivity index is 2.29. The highest BCUT2D eigenvalue weighted by Crippen LogP contribution is 2.22. The highest BCUT2D eigenvalue weighted by molar-refractivity contribution is 9.10. The van der Waals surface area contributed by atoms with Gasteiger partial charge in [0.2, 0.25) is 0 Å². The Morgan fingerprint density at radius 1 is 1.43 bits per heavy atom. The van der Waals surface area contributed by atoms with Crippen molar-refractivity contribution in [3.8, 4) is 0 Å². The van der Waals surface area contributed by atoms with Gasteiger partial charge in [0, 0.05) is 22.8 Å². The molecule has 0 fully saturated rings. The predicted molar refractivity (Wildman–Crippen MR) is 83.6 cm³/mol. The normalized spacial score (nSPS) is 10.4. The third-order valence-corrected chi connectivity index (χ3v) is 3.60. The lowest BCUT2D eigenvalue weighted by atomic mass is 10.2. The van der Waals surface area contributed by atoms with E-state index in [1.165, 1.54) is 12.3 Å². The van der Waals surface area contributed by atoms with Crippen LogP contribution in [-0.2, 0) is 6.54 Å². The number of carbonyl (C=O) groups is 1. The molecule has 1 N–H and O–H groups in total. The number of carbonyl (C=O) groups excluding carboxylic acids is 1. The Kier molecular flexibility index (Phi) is 4.42. The van der Waals surface area contributed by atoms with E-state index in [2.05, 4.69) is 21.2 Å². The van der Waals surface area contributed by atoms with Crippen LogP contribution in [0.1, 0.15) is 23.0 Å². The molecule has 2 aromatic rings. The van der Waals surface area contributed by atoms with E-state index in [0.717, 1.165) is 10.0 Å². The molecule has 0 saturated heterocycles. The summed E-state index contributed by atoms with van der Waals surface area (Å²) >= 11 is 3.36. The molecular formula is C14H14BrN3O3. The molecule has 0 saturated carbocycles. The quantitative estimate of drug-likeness (QED) is 0.673. The number of hydrogen-bond donors (Lipinski definition) is 1. The van der Waals surface area contributed by atoms with E-state index in [1.54, 1.807) is 10.6 Å². The molecule has 7 heteroatoms. The SMILES string of the molecule is CCn1cc([N+](=O)[O-])cc1C(=O)Nc1ccc(Br)cc1C. The van der Waals surface area contributed by atoms with Crippen LogP contribution in [0.3, 0.4) is 0 Å². The van der Waals surface area contributed by atoms with Crippen LogP contribution in [0.25, 0.3) is 0 Å². The number of nitro groups is 1. The summed E-state index contributed by atoms with van der Waals surface area (Å²) in [6, 6.07) is 6.78. The Morgan fingerprint density at radius 3 is 2.71 bits per heavy atom. The topological polar surface area (TPSA) is 77.2 Å². The van der Waals surface area contributed by atoms with Gasteiger partial charge in [-0.2, -0.15) is 0 Å². The maximum atomic E-state index is 12.3. The van der Waals surface area contributed by atoms with Crippen molar-refractivity contribution >= 4 is 33.2 Å². The molecule has 0 aliphatic carbocycles. The molecule has 0 spiro atoms. The summed E-state index contributed by atoms with van der Waals surface area (Å²) < 4.78 is 2.48. The molecule has 2 rings (SSSR count). The van der Waals surface area contributed by atoms with Crippen LogP contribution in [-0.4, -0.2) is 15.4 Å². The highest BCUT2D eigenvalue weighted by atomic mass is 79.9. The fourth-order valence-corrected chi connectivity index (χ4v) is 2.48. The number of aryl methyl sites for hydroxylation is 2. The third-order valence-electron chi connectivity index (χ3n) is 3.10. The number of rotatable bonds is 4. The maximum absolute atomic E-state index is 12.3. The first kappa shape index (κ1) is 15.2. The number of nitrogens with zero attached hydrogens (tertiary/aromatic N) is 2. The molecule has 21 heavy (non-hydrogen) atoms. The molecule has 0 unspecified atom stereocenters. The molecule has 0 aliphatic rings. The van der Waals surface area contributed by atoms with Crippen LogP contribution in [0.2, 0.25) is 0 Å². The Morgan fingerprint density at radius 2 is 2.14 bits per heavy atom. The van der Waals surface area contributed by atoms with Gasteiger partial charge in [-0.05, 0) is 37.6 Å². The minimum absolute atomic E-state index is 0.0884. The van der Waals surface area contributed by atoms with Crippen molar-refractivity contribution in [2.24, 2.45) is 0 Å². The summed E-state index contributed by atoms with van der Waals surface area (Å²) in [6.07, 6.45) is 1.36. The highest BCUT2D eigenvalue weighted by Gasteiger charge is 2.19. The van der Waals surface area contributed by atoms with Crippen molar-refractivity contribution in [3.63, 3.8) is 0 Å². The minimum Gasteiger partial charge on any atom is -0.337 e. The van der Waals surface area contributed by atoms with Gasteiger partial charge in [-0.15, -0.1) is 0 Å². The molecule has 0 atom stereocenters. The van der Waals surface area contributed by atoms with Crippen LogP contribution in [0.4, 0.5) is 11.4 Å². The number of nitrogens with one attached hydrogen (secondary N) is 1. The van der Waals surface area contributed by atoms with Crippen molar-refractivity contribution < 1.29 is 9.72 Å². The number of anilines is 1. The summed E-state index contributed by atoms with van der Waals surface area (Å²) in [5.74, 6) is -0.365. The summed E-state index contributed by atoms with van der Waals surface area (Å²) in [5, 5.41) is 13.6. The van der Waals surface area contributed by atoms with Crippen molar-refractivity contribution in [1.82, 2.24) is 4.57 Å². The average molecular weight is 352 g/mol. The van der Waals surface area contributed by atoms with Crippen LogP contribution >= 0.6 is 15.9 Å². The van der Waals surface area contributed by atoms with Crippen molar-refractivity contribution in [2.45, 2.75) is 20.4 Å². The summed E-state index contributed by atoms with van der Waals surface area (Å²) in [7, 11) is 0. The maximum Gasteiger partial charge on any atom is 0.287 e. The first-order chi connectivity index (χ1) is 9.92. The van der Waals surface area contributed by atoms with E-state index >= 15 is 0 Å². The zero-order chi connectivity index (χ0) is 15.6. The lowest BCUT2D eigenvalue weighted by molar-refractivity contribution is -0.384. The molecule has 110 valence electrons. The fraction of sp³-hybridized carbons (Fsp3) is 0.214. The lowest BCUT2D eigenvalue weighted by Gasteiger charge is -2.10. The van der Waals surface area contributed by atoms with Gasteiger partial charge in [-0.1, -0.05) is 15.9 Å². The summed E-state index contributed by atoms with van der Waals surface area (Å²) in [5.41, 5.74) is 1.76. The van der Waals surface area contributed by atoms with Crippen LogP contribution in [0.15, 0.2) is 34.9 Å². The van der Waals surface area contributed by atoms with E-state index in [9.17, 15) is 14.9 Å². The van der Waals surface area contributed by atoms with Gasteiger partial charge in [0.25, 0.3) is 11.6 Å². The van der Waals surface area contributed by atoms with E-state index in [0.29, 0.717) is 12.2 Å². The van der Waals surface area contributed by atoms with Crippen molar-refractivity contribution in [2.75, 3.05) is 5.32 Å². The molecule has 0 bridgehead atoms. The van der Waals surface area contributed by atoms with Gasteiger partial charge in [-0.3, -0.25) is 14.9 Å². The molecule has 6 nitrogen and oxygen atoms in total. The van der Waals surface area contributed by atoms with Gasteiger partial charge in [0.15, 0.2) is 0 Å². The van der Waals surface area contributed by atoms with E-state index < -0.39 is 4.92 Å². The molecule has 1 aromatic heterocycles. The number of benzene rings is 1. The lowest BCUT2D eigenvalue weighted by Crippen LogP contribution is -2.16. The molecule has 1 heterocycles. The molecule has 0 aliphatic heterocycles. The zero-order valence-corrected chi connectivity index (χ0v) is 13.2. The van der Waals surface area contributed by atoms with E-state index in [-0.39, 0.29) is 17.3 Å². The molecular weight excluding hydrogens is 338 g/mol. The van der Waals surface area contributed by atoms with Gasteiger partial charge >= 0.3 is 0 Å². The molecule has 1 aromatic carbocycles. The van der Waals surface area contributed by atoms with Gasteiger partial charge in [0.05, 0.1) is 11.1 Å². The van der Waals surface area contributed by atoms with Gasteiger partial charge in [0.1, 0.15) is 5.69 Å². The van der Waals surface area contributed by atoms with Gasteiger partial charge < -0.3 is 9.88 Å². The second-order valence-corrected chi connectivity index (χ2v) is 5.46. The second-order valence-electron chi connectivity index (χ2n) is 4.54. The number of amides is 1. The van der Waals surface area contributed by atoms with Crippen LogP contribution < -0.4 is 5.32 Å².